The van der Waals surface area contributed by atoms with Crippen molar-refractivity contribution in [2.75, 3.05) is 26.9 Å². The van der Waals surface area contributed by atoms with Gasteiger partial charge in [-0.2, -0.15) is 0 Å². The summed E-state index contributed by atoms with van der Waals surface area (Å²) in [5.41, 5.74) is 2.42. The van der Waals surface area contributed by atoms with Gasteiger partial charge in [0.2, 0.25) is 0 Å². The molecule has 0 fully saturated rings. The third kappa shape index (κ3) is 6.49. The van der Waals surface area contributed by atoms with Crippen LogP contribution in [0.1, 0.15) is 39.2 Å². The Kier molecular flexibility index (Phi) is 9.32. The highest BCUT2D eigenvalue weighted by molar-refractivity contribution is 5.99. The van der Waals surface area contributed by atoms with E-state index >= 15 is 0 Å². The van der Waals surface area contributed by atoms with Gasteiger partial charge in [0.15, 0.2) is 18.1 Å². The molecular formula is C28H31NO8. The SMILES string of the molecule is CCOC(=O)C1=C(C)NC(C)=C(C(=O)OCC)C1c1ccc(OC(=O)COc2ccccc2OC)cc1. The summed E-state index contributed by atoms with van der Waals surface area (Å²) in [5.74, 6) is -1.19. The maximum atomic E-state index is 12.9. The van der Waals surface area contributed by atoms with E-state index in [4.69, 9.17) is 23.7 Å². The molecular weight excluding hydrogens is 478 g/mol. The highest BCUT2D eigenvalue weighted by Gasteiger charge is 2.37. The number of esters is 3. The summed E-state index contributed by atoms with van der Waals surface area (Å²) in [6, 6.07) is 13.5. The van der Waals surface area contributed by atoms with E-state index in [2.05, 4.69) is 5.32 Å². The molecule has 0 saturated heterocycles. The first-order valence-electron chi connectivity index (χ1n) is 11.9. The molecule has 37 heavy (non-hydrogen) atoms. The Hall–Kier alpha value is -4.27. The number of hydrogen-bond donors (Lipinski definition) is 1. The lowest BCUT2D eigenvalue weighted by Crippen LogP contribution is -2.32. The van der Waals surface area contributed by atoms with Gasteiger partial charge in [-0.3, -0.25) is 0 Å². The molecule has 0 atom stereocenters. The number of carbonyl (C=O) groups is 3. The first-order valence-corrected chi connectivity index (χ1v) is 11.9. The molecule has 0 amide bonds. The molecule has 0 aromatic heterocycles. The second-order valence-electron chi connectivity index (χ2n) is 8.06. The largest absolute Gasteiger partial charge is 0.493 e. The van der Waals surface area contributed by atoms with Crippen molar-refractivity contribution in [3.63, 3.8) is 0 Å². The lowest BCUT2D eigenvalue weighted by atomic mass is 9.80. The zero-order valence-electron chi connectivity index (χ0n) is 21.6. The van der Waals surface area contributed by atoms with Crippen molar-refractivity contribution in [2.45, 2.75) is 33.6 Å². The molecule has 196 valence electrons. The molecule has 2 aromatic rings. The molecule has 2 aromatic carbocycles. The minimum atomic E-state index is -0.724. The summed E-state index contributed by atoms with van der Waals surface area (Å²) < 4.78 is 26.7. The van der Waals surface area contributed by atoms with Crippen LogP contribution < -0.4 is 19.5 Å². The van der Waals surface area contributed by atoms with Crippen molar-refractivity contribution >= 4 is 17.9 Å². The van der Waals surface area contributed by atoms with Gasteiger partial charge in [-0.05, 0) is 57.5 Å². The van der Waals surface area contributed by atoms with Crippen LogP contribution in [0.25, 0.3) is 0 Å². The molecule has 0 unspecified atom stereocenters. The van der Waals surface area contributed by atoms with Gasteiger partial charge in [-0.25, -0.2) is 14.4 Å². The number of benzene rings is 2. The highest BCUT2D eigenvalue weighted by Crippen LogP contribution is 2.39. The van der Waals surface area contributed by atoms with Gasteiger partial charge in [0.05, 0.1) is 37.4 Å². The fraction of sp³-hybridized carbons (Fsp3) is 0.321. The summed E-state index contributed by atoms with van der Waals surface area (Å²) in [7, 11) is 1.51. The molecule has 0 spiro atoms. The minimum absolute atomic E-state index is 0.186. The smallest absolute Gasteiger partial charge is 0.349 e. The predicted octanol–water partition coefficient (Wildman–Crippen LogP) is 4.04. The van der Waals surface area contributed by atoms with Crippen LogP contribution in [-0.2, 0) is 23.9 Å². The standard InChI is InChI=1S/C28H31NO8/c1-6-34-27(31)24-17(3)29-18(4)25(28(32)35-7-2)26(24)19-12-14-20(15-13-19)37-23(30)16-36-22-11-9-8-10-21(22)33-5/h8-15,26,29H,6-7,16H2,1-5H3. The van der Waals surface area contributed by atoms with E-state index in [0.29, 0.717) is 39.6 Å². The number of allylic oxidation sites excluding steroid dienone is 2. The third-order valence-corrected chi connectivity index (χ3v) is 5.61. The summed E-state index contributed by atoms with van der Waals surface area (Å²) in [6.45, 7) is 6.99. The van der Waals surface area contributed by atoms with Crippen molar-refractivity contribution in [2.24, 2.45) is 0 Å². The van der Waals surface area contributed by atoms with E-state index in [1.165, 1.54) is 7.11 Å². The number of carbonyl (C=O) groups excluding carboxylic acids is 3. The Morgan fingerprint density at radius 1 is 0.811 bits per heavy atom. The predicted molar refractivity (Wildman–Crippen MR) is 135 cm³/mol. The van der Waals surface area contributed by atoms with Crippen LogP contribution in [0.4, 0.5) is 0 Å². The summed E-state index contributed by atoms with van der Waals surface area (Å²) in [5, 5.41) is 3.10. The summed E-state index contributed by atoms with van der Waals surface area (Å²) in [6.07, 6.45) is 0. The molecule has 0 aliphatic carbocycles. The van der Waals surface area contributed by atoms with Gasteiger partial charge < -0.3 is 29.0 Å². The first-order chi connectivity index (χ1) is 17.8. The fourth-order valence-electron chi connectivity index (χ4n) is 4.05. The molecule has 9 heteroatoms. The zero-order valence-corrected chi connectivity index (χ0v) is 21.6. The van der Waals surface area contributed by atoms with E-state index in [0.717, 1.165) is 0 Å². The van der Waals surface area contributed by atoms with Gasteiger partial charge in [0.1, 0.15) is 5.75 Å². The average Bonchev–Trinajstić information content (AvgIpc) is 2.87. The van der Waals surface area contributed by atoms with Gasteiger partial charge in [0.25, 0.3) is 0 Å². The van der Waals surface area contributed by atoms with Crippen molar-refractivity contribution < 1.29 is 38.1 Å². The number of ether oxygens (including phenoxy) is 5. The van der Waals surface area contributed by atoms with E-state index in [1.807, 2.05) is 0 Å². The molecule has 1 aliphatic rings. The van der Waals surface area contributed by atoms with Crippen LogP contribution in [0.5, 0.6) is 17.2 Å². The van der Waals surface area contributed by atoms with Crippen LogP contribution in [-0.4, -0.2) is 44.8 Å². The van der Waals surface area contributed by atoms with E-state index < -0.39 is 23.8 Å². The Morgan fingerprint density at radius 3 is 1.86 bits per heavy atom. The fourth-order valence-corrected chi connectivity index (χ4v) is 4.05. The lowest BCUT2D eigenvalue weighted by Gasteiger charge is -2.30. The second-order valence-corrected chi connectivity index (χ2v) is 8.06. The highest BCUT2D eigenvalue weighted by atomic mass is 16.6. The molecule has 3 rings (SSSR count). The Balaban J connectivity index is 1.83. The van der Waals surface area contributed by atoms with Gasteiger partial charge >= 0.3 is 17.9 Å². The lowest BCUT2D eigenvalue weighted by molar-refractivity contribution is -0.140. The average molecular weight is 510 g/mol. The van der Waals surface area contributed by atoms with Crippen LogP contribution in [0.15, 0.2) is 71.1 Å². The Morgan fingerprint density at radius 2 is 1.35 bits per heavy atom. The molecule has 1 heterocycles. The number of dihydropyridines is 1. The normalized spacial score (nSPS) is 13.5. The Labute approximate surface area is 216 Å². The summed E-state index contributed by atoms with van der Waals surface area (Å²) >= 11 is 0. The van der Waals surface area contributed by atoms with Crippen LogP contribution in [0.2, 0.25) is 0 Å². The molecule has 1 N–H and O–H groups in total. The minimum Gasteiger partial charge on any atom is -0.493 e. The van der Waals surface area contributed by atoms with Crippen LogP contribution >= 0.6 is 0 Å². The van der Waals surface area contributed by atoms with Gasteiger partial charge in [-0.15, -0.1) is 0 Å². The van der Waals surface area contributed by atoms with E-state index in [-0.39, 0.29) is 25.6 Å². The van der Waals surface area contributed by atoms with Crippen molar-refractivity contribution in [3.05, 3.63) is 76.6 Å². The van der Waals surface area contributed by atoms with Crippen LogP contribution in [0, 0.1) is 0 Å². The first kappa shape index (κ1) is 27.3. The number of hydrogen-bond acceptors (Lipinski definition) is 9. The number of rotatable bonds is 10. The van der Waals surface area contributed by atoms with Gasteiger partial charge in [-0.1, -0.05) is 24.3 Å². The van der Waals surface area contributed by atoms with E-state index in [1.54, 1.807) is 76.2 Å². The monoisotopic (exact) mass is 509 g/mol. The third-order valence-electron chi connectivity index (χ3n) is 5.61. The molecule has 1 aliphatic heterocycles. The summed E-state index contributed by atoms with van der Waals surface area (Å²) in [4.78, 5) is 38.1. The topological polar surface area (TPSA) is 109 Å². The second kappa shape index (κ2) is 12.6. The van der Waals surface area contributed by atoms with Crippen molar-refractivity contribution in [1.29, 1.82) is 0 Å². The molecule has 0 saturated carbocycles. The quantitative estimate of drug-likeness (QED) is 0.375. The molecule has 0 bridgehead atoms. The van der Waals surface area contributed by atoms with Crippen LogP contribution in [0.3, 0.4) is 0 Å². The molecule has 0 radical (unpaired) electrons. The Bertz CT molecular complexity index is 1170. The van der Waals surface area contributed by atoms with Gasteiger partial charge in [0, 0.05) is 11.4 Å². The van der Waals surface area contributed by atoms with E-state index in [9.17, 15) is 14.4 Å². The maximum absolute atomic E-state index is 12.9. The maximum Gasteiger partial charge on any atom is 0.349 e. The zero-order chi connectivity index (χ0) is 26.9. The molecule has 9 nitrogen and oxygen atoms in total. The van der Waals surface area contributed by atoms with Crippen molar-refractivity contribution in [3.8, 4) is 17.2 Å². The number of para-hydroxylation sites is 2. The number of nitrogens with one attached hydrogen (secondary N) is 1. The number of methoxy groups -OCH3 is 1. The van der Waals surface area contributed by atoms with Crippen molar-refractivity contribution in [1.82, 2.24) is 5.32 Å².